The van der Waals surface area contributed by atoms with Gasteiger partial charge in [-0.05, 0) is 19.4 Å². The monoisotopic (exact) mass is 256 g/mol. The minimum atomic E-state index is -0.379. The van der Waals surface area contributed by atoms with Crippen molar-refractivity contribution in [3.8, 4) is 0 Å². The summed E-state index contributed by atoms with van der Waals surface area (Å²) in [5, 5.41) is 5.18. The fourth-order valence-corrected chi connectivity index (χ4v) is 2.19. The van der Waals surface area contributed by atoms with Crippen molar-refractivity contribution in [2.24, 2.45) is 5.73 Å². The van der Waals surface area contributed by atoms with Crippen LogP contribution in [0.2, 0.25) is 0 Å². The average molecular weight is 256 g/mol. The fraction of sp³-hybridized carbons (Fsp3) is 0.833. The summed E-state index contributed by atoms with van der Waals surface area (Å²) in [6.45, 7) is 4.09. The maximum Gasteiger partial charge on any atom is 0.321 e. The van der Waals surface area contributed by atoms with E-state index in [0.29, 0.717) is 13.1 Å². The highest BCUT2D eigenvalue weighted by molar-refractivity contribution is 5.95. The van der Waals surface area contributed by atoms with Crippen LogP contribution in [0.5, 0.6) is 0 Å². The highest BCUT2D eigenvalue weighted by Crippen LogP contribution is 2.17. The molecule has 6 heteroatoms. The van der Waals surface area contributed by atoms with E-state index in [0.717, 1.165) is 32.2 Å². The van der Waals surface area contributed by atoms with E-state index < -0.39 is 0 Å². The highest BCUT2D eigenvalue weighted by Gasteiger charge is 2.18. The van der Waals surface area contributed by atoms with Crippen LogP contribution < -0.4 is 16.4 Å². The summed E-state index contributed by atoms with van der Waals surface area (Å²) in [7, 11) is 0. The number of carbonyl (C=O) groups excluding carboxylic acids is 2. The van der Waals surface area contributed by atoms with Crippen LogP contribution in [0.4, 0.5) is 4.79 Å². The zero-order valence-electron chi connectivity index (χ0n) is 11.1. The van der Waals surface area contributed by atoms with Gasteiger partial charge < -0.3 is 11.1 Å². The maximum atomic E-state index is 11.6. The van der Waals surface area contributed by atoms with E-state index in [9.17, 15) is 9.59 Å². The van der Waals surface area contributed by atoms with Crippen molar-refractivity contribution in [3.05, 3.63) is 0 Å². The van der Waals surface area contributed by atoms with Gasteiger partial charge in [0.25, 0.3) is 0 Å². The third-order valence-corrected chi connectivity index (χ3v) is 3.20. The van der Waals surface area contributed by atoms with Crippen LogP contribution in [0.25, 0.3) is 0 Å². The first-order valence-electron chi connectivity index (χ1n) is 6.68. The van der Waals surface area contributed by atoms with Gasteiger partial charge in [-0.15, -0.1) is 0 Å². The molecule has 0 radical (unpaired) electrons. The lowest BCUT2D eigenvalue weighted by molar-refractivity contribution is -0.121. The molecule has 0 aliphatic heterocycles. The van der Waals surface area contributed by atoms with Crippen molar-refractivity contribution >= 4 is 11.9 Å². The standard InChI is InChI=1S/C12H24N4O2/c1-2-16(8-7-13)9-11(17)15-12(18)14-10-5-3-4-6-10/h10H,2-9,13H2,1H3,(H2,14,15,17,18). The van der Waals surface area contributed by atoms with Gasteiger partial charge in [-0.2, -0.15) is 0 Å². The SMILES string of the molecule is CCN(CCN)CC(=O)NC(=O)NC1CCCC1. The number of nitrogens with zero attached hydrogens (tertiary/aromatic N) is 1. The lowest BCUT2D eigenvalue weighted by Crippen LogP contribution is -2.47. The summed E-state index contributed by atoms with van der Waals surface area (Å²) in [6, 6.07) is -0.153. The van der Waals surface area contributed by atoms with Crippen molar-refractivity contribution in [2.45, 2.75) is 38.6 Å². The summed E-state index contributed by atoms with van der Waals surface area (Å²) in [5.74, 6) is -0.277. The Morgan fingerprint density at radius 3 is 2.56 bits per heavy atom. The molecule has 1 aliphatic rings. The molecular formula is C12H24N4O2. The Morgan fingerprint density at radius 2 is 2.00 bits per heavy atom. The number of hydrogen-bond acceptors (Lipinski definition) is 4. The van der Waals surface area contributed by atoms with E-state index in [1.165, 1.54) is 0 Å². The molecule has 0 atom stereocenters. The first kappa shape index (κ1) is 14.9. The number of hydrogen-bond donors (Lipinski definition) is 3. The molecule has 1 rings (SSSR count). The molecule has 0 spiro atoms. The first-order valence-corrected chi connectivity index (χ1v) is 6.68. The lowest BCUT2D eigenvalue weighted by atomic mass is 10.2. The zero-order valence-corrected chi connectivity index (χ0v) is 11.1. The molecule has 4 N–H and O–H groups in total. The molecule has 1 saturated carbocycles. The van der Waals surface area contributed by atoms with E-state index in [-0.39, 0.29) is 24.5 Å². The van der Waals surface area contributed by atoms with Crippen molar-refractivity contribution < 1.29 is 9.59 Å². The average Bonchev–Trinajstić information content (AvgIpc) is 2.80. The number of amides is 3. The molecule has 104 valence electrons. The van der Waals surface area contributed by atoms with Crippen LogP contribution in [-0.2, 0) is 4.79 Å². The fourth-order valence-electron chi connectivity index (χ4n) is 2.19. The Balaban J connectivity index is 2.23. The second kappa shape index (κ2) is 8.05. The Hall–Kier alpha value is -1.14. The normalized spacial score (nSPS) is 15.9. The molecular weight excluding hydrogens is 232 g/mol. The minimum Gasteiger partial charge on any atom is -0.335 e. The number of carbonyl (C=O) groups is 2. The van der Waals surface area contributed by atoms with Gasteiger partial charge in [0.15, 0.2) is 0 Å². The lowest BCUT2D eigenvalue weighted by Gasteiger charge is -2.19. The minimum absolute atomic E-state index is 0.214. The van der Waals surface area contributed by atoms with E-state index in [4.69, 9.17) is 5.73 Å². The smallest absolute Gasteiger partial charge is 0.321 e. The summed E-state index contributed by atoms with van der Waals surface area (Å²) in [4.78, 5) is 25.1. The molecule has 6 nitrogen and oxygen atoms in total. The quantitative estimate of drug-likeness (QED) is 0.626. The zero-order chi connectivity index (χ0) is 13.4. The second-order valence-electron chi connectivity index (χ2n) is 4.66. The van der Waals surface area contributed by atoms with Crippen LogP contribution >= 0.6 is 0 Å². The molecule has 3 amide bonds. The Bertz CT molecular complexity index is 277. The summed E-state index contributed by atoms with van der Waals surface area (Å²) in [6.07, 6.45) is 4.32. The summed E-state index contributed by atoms with van der Waals surface area (Å²) >= 11 is 0. The molecule has 0 aromatic heterocycles. The molecule has 0 unspecified atom stereocenters. The van der Waals surface area contributed by atoms with Gasteiger partial charge in [-0.25, -0.2) is 4.79 Å². The number of rotatable bonds is 6. The molecule has 0 bridgehead atoms. The van der Waals surface area contributed by atoms with Gasteiger partial charge in [0.1, 0.15) is 0 Å². The largest absolute Gasteiger partial charge is 0.335 e. The van der Waals surface area contributed by atoms with Crippen LogP contribution in [0, 0.1) is 0 Å². The van der Waals surface area contributed by atoms with Gasteiger partial charge in [0.05, 0.1) is 6.54 Å². The number of imide groups is 1. The Morgan fingerprint density at radius 1 is 1.33 bits per heavy atom. The first-order chi connectivity index (χ1) is 8.65. The van der Waals surface area contributed by atoms with Crippen molar-refractivity contribution in [1.29, 1.82) is 0 Å². The number of urea groups is 1. The molecule has 1 aliphatic carbocycles. The van der Waals surface area contributed by atoms with Gasteiger partial charge in [0, 0.05) is 19.1 Å². The Labute approximate surface area is 108 Å². The Kier molecular flexibility index (Phi) is 6.67. The predicted molar refractivity (Wildman–Crippen MR) is 70.1 cm³/mol. The van der Waals surface area contributed by atoms with E-state index in [1.807, 2.05) is 11.8 Å². The summed E-state index contributed by atoms with van der Waals surface area (Å²) < 4.78 is 0. The van der Waals surface area contributed by atoms with Crippen molar-refractivity contribution in [2.75, 3.05) is 26.2 Å². The molecule has 18 heavy (non-hydrogen) atoms. The van der Waals surface area contributed by atoms with E-state index >= 15 is 0 Å². The van der Waals surface area contributed by atoms with Crippen LogP contribution in [-0.4, -0.2) is 49.1 Å². The molecule has 0 heterocycles. The topological polar surface area (TPSA) is 87.5 Å². The van der Waals surface area contributed by atoms with Crippen molar-refractivity contribution in [3.63, 3.8) is 0 Å². The third-order valence-electron chi connectivity index (χ3n) is 3.20. The van der Waals surface area contributed by atoms with Crippen LogP contribution in [0.15, 0.2) is 0 Å². The maximum absolute atomic E-state index is 11.6. The molecule has 1 fully saturated rings. The highest BCUT2D eigenvalue weighted by atomic mass is 16.2. The molecule has 0 aromatic carbocycles. The second-order valence-corrected chi connectivity index (χ2v) is 4.66. The van der Waals surface area contributed by atoms with Gasteiger partial charge in [-0.3, -0.25) is 15.0 Å². The van der Waals surface area contributed by atoms with E-state index in [2.05, 4.69) is 10.6 Å². The molecule has 0 aromatic rings. The van der Waals surface area contributed by atoms with Crippen molar-refractivity contribution in [1.82, 2.24) is 15.5 Å². The summed E-state index contributed by atoms with van der Waals surface area (Å²) in [5.41, 5.74) is 5.44. The number of likely N-dealkylation sites (N-methyl/N-ethyl adjacent to an activating group) is 1. The van der Waals surface area contributed by atoms with E-state index in [1.54, 1.807) is 0 Å². The molecule has 0 saturated heterocycles. The van der Waals surface area contributed by atoms with Crippen LogP contribution in [0.1, 0.15) is 32.6 Å². The van der Waals surface area contributed by atoms with Gasteiger partial charge in [0.2, 0.25) is 5.91 Å². The number of nitrogens with one attached hydrogen (secondary N) is 2. The van der Waals surface area contributed by atoms with Gasteiger partial charge in [-0.1, -0.05) is 19.8 Å². The van der Waals surface area contributed by atoms with Gasteiger partial charge >= 0.3 is 6.03 Å². The number of nitrogens with two attached hydrogens (primary N) is 1. The third kappa shape index (κ3) is 5.46. The predicted octanol–water partition coefficient (Wildman–Crippen LogP) is 0.0354. The van der Waals surface area contributed by atoms with Crippen LogP contribution in [0.3, 0.4) is 0 Å².